The van der Waals surface area contributed by atoms with Crippen LogP contribution in [0.3, 0.4) is 0 Å². The van der Waals surface area contributed by atoms with Crippen molar-refractivity contribution in [2.24, 2.45) is 5.41 Å². The molecule has 0 aliphatic heterocycles. The number of amides is 1. The summed E-state index contributed by atoms with van der Waals surface area (Å²) >= 11 is 1.56. The number of phenols is 1. The third-order valence-electron chi connectivity index (χ3n) is 5.16. The highest BCUT2D eigenvalue weighted by Crippen LogP contribution is 2.42. The molecule has 3 N–H and O–H groups in total. The van der Waals surface area contributed by atoms with Crippen LogP contribution in [0.5, 0.6) is 5.75 Å². The Balaban J connectivity index is 2.04. The van der Waals surface area contributed by atoms with Crippen molar-refractivity contribution in [2.45, 2.75) is 39.9 Å². The first-order valence-electron chi connectivity index (χ1n) is 10.5. The summed E-state index contributed by atoms with van der Waals surface area (Å²) in [6.07, 6.45) is -4.89. The Morgan fingerprint density at radius 3 is 2.40 bits per heavy atom. The number of aromatic hydroxyl groups is 1. The predicted molar refractivity (Wildman–Crippen MR) is 125 cm³/mol. The number of nitrogens with zero attached hydrogens (tertiary/aromatic N) is 3. The second-order valence-electron chi connectivity index (χ2n) is 9.23. The number of anilines is 3. The van der Waals surface area contributed by atoms with Gasteiger partial charge in [0.15, 0.2) is 5.75 Å². The summed E-state index contributed by atoms with van der Waals surface area (Å²) in [4.78, 5) is 15.4. The summed E-state index contributed by atoms with van der Waals surface area (Å²) in [5, 5.41) is 32.4. The fraction of sp³-hybridized carbons (Fsp3) is 0.409. The van der Waals surface area contributed by atoms with Crippen molar-refractivity contribution >= 4 is 34.6 Å². The van der Waals surface area contributed by atoms with Gasteiger partial charge in [-0.3, -0.25) is 10.1 Å². The molecular formula is C22H26F3N5O4S. The van der Waals surface area contributed by atoms with E-state index < -0.39 is 29.0 Å². The molecular weight excluding hydrogens is 487 g/mol. The number of thiophene rings is 1. The van der Waals surface area contributed by atoms with Crippen LogP contribution in [-0.4, -0.2) is 35.2 Å². The molecule has 2 heterocycles. The molecule has 0 radical (unpaired) electrons. The predicted octanol–water partition coefficient (Wildman–Crippen LogP) is 5.05. The van der Waals surface area contributed by atoms with Crippen LogP contribution in [0.4, 0.5) is 30.5 Å². The van der Waals surface area contributed by atoms with Crippen molar-refractivity contribution in [2.75, 3.05) is 24.7 Å². The maximum absolute atomic E-state index is 13.5. The quantitative estimate of drug-likeness (QED) is 0.312. The average molecular weight is 514 g/mol. The van der Waals surface area contributed by atoms with Crippen LogP contribution < -0.4 is 15.5 Å². The van der Waals surface area contributed by atoms with Crippen molar-refractivity contribution in [1.82, 2.24) is 10.1 Å². The molecule has 0 spiro atoms. The van der Waals surface area contributed by atoms with Gasteiger partial charge in [-0.1, -0.05) is 25.7 Å². The number of aromatic nitrogens is 2. The van der Waals surface area contributed by atoms with Crippen molar-refractivity contribution in [1.29, 1.82) is 0 Å². The van der Waals surface area contributed by atoms with Crippen molar-refractivity contribution in [3.8, 4) is 5.75 Å². The normalized spacial score (nSPS) is 12.9. The van der Waals surface area contributed by atoms with Gasteiger partial charge < -0.3 is 25.2 Å². The van der Waals surface area contributed by atoms with Gasteiger partial charge in [-0.25, -0.2) is 0 Å². The highest BCUT2D eigenvalue weighted by atomic mass is 32.1. The van der Waals surface area contributed by atoms with Crippen molar-refractivity contribution in [3.05, 3.63) is 50.4 Å². The molecule has 0 aliphatic rings. The lowest BCUT2D eigenvalue weighted by Crippen LogP contribution is -2.29. The second-order valence-corrected chi connectivity index (χ2v) is 10.5. The number of benzene rings is 1. The summed E-state index contributed by atoms with van der Waals surface area (Å²) < 4.78 is 45.3. The maximum Gasteiger partial charge on any atom is 0.417 e. The summed E-state index contributed by atoms with van der Waals surface area (Å²) in [7, 11) is 2.52. The zero-order chi connectivity index (χ0) is 26.3. The smallest absolute Gasteiger partial charge is 0.417 e. The second kappa shape index (κ2) is 9.29. The van der Waals surface area contributed by atoms with E-state index in [4.69, 9.17) is 4.63 Å². The Morgan fingerprint density at radius 2 is 1.89 bits per heavy atom. The number of carbonyl (C=O) groups excluding carboxylic acids is 1. The van der Waals surface area contributed by atoms with E-state index in [0.717, 1.165) is 20.7 Å². The number of hydrogen-bond donors (Lipinski definition) is 3. The lowest BCUT2D eigenvalue weighted by molar-refractivity contribution is -0.790. The first-order chi connectivity index (χ1) is 16.1. The van der Waals surface area contributed by atoms with E-state index in [-0.39, 0.29) is 33.7 Å². The minimum atomic E-state index is -4.89. The zero-order valence-electron chi connectivity index (χ0n) is 19.9. The lowest BCUT2D eigenvalue weighted by Gasteiger charge is -2.30. The minimum absolute atomic E-state index is 0.0201. The summed E-state index contributed by atoms with van der Waals surface area (Å²) in [5.41, 5.74) is -2.89. The van der Waals surface area contributed by atoms with Gasteiger partial charge >= 0.3 is 12.0 Å². The molecule has 1 amide bonds. The number of alkyl halides is 3. The summed E-state index contributed by atoms with van der Waals surface area (Å²) in [6.45, 7) is 7.92. The van der Waals surface area contributed by atoms with E-state index in [2.05, 4.69) is 15.8 Å². The molecule has 0 saturated heterocycles. The third-order valence-corrected chi connectivity index (χ3v) is 6.23. The number of halogens is 3. The Labute approximate surface area is 203 Å². The van der Waals surface area contributed by atoms with Gasteiger partial charge in [-0.15, -0.1) is 11.3 Å². The topological polar surface area (TPSA) is 118 Å². The molecule has 3 rings (SSSR count). The van der Waals surface area contributed by atoms with E-state index >= 15 is 0 Å². The SMILES string of the molecule is Cc1ccc([C@H](Nc2no[n+]([O-])c2Nc2ccc(C(F)(F)F)c(C(=O)N(C)C)c2O)C(C)(C)C)s1. The van der Waals surface area contributed by atoms with Crippen LogP contribution in [0.1, 0.15) is 52.5 Å². The van der Waals surface area contributed by atoms with Crippen LogP contribution in [0.15, 0.2) is 28.9 Å². The van der Waals surface area contributed by atoms with E-state index in [9.17, 15) is 28.3 Å². The highest BCUT2D eigenvalue weighted by molar-refractivity contribution is 7.12. The Bertz CT molecular complexity index is 1230. The van der Waals surface area contributed by atoms with Crippen LogP contribution in [0.25, 0.3) is 0 Å². The van der Waals surface area contributed by atoms with Gasteiger partial charge in [0.2, 0.25) is 0 Å². The molecule has 9 nitrogen and oxygen atoms in total. The van der Waals surface area contributed by atoms with E-state index in [1.165, 1.54) is 14.1 Å². The lowest BCUT2D eigenvalue weighted by atomic mass is 9.86. The zero-order valence-corrected chi connectivity index (χ0v) is 20.8. The van der Waals surface area contributed by atoms with Crippen LogP contribution >= 0.6 is 11.3 Å². The van der Waals surface area contributed by atoms with Crippen molar-refractivity contribution in [3.63, 3.8) is 0 Å². The number of hydrogen-bond acceptors (Lipinski definition) is 8. The van der Waals surface area contributed by atoms with Gasteiger partial charge in [-0.2, -0.15) is 13.2 Å². The third kappa shape index (κ3) is 5.45. The molecule has 0 fully saturated rings. The standard InChI is InChI=1S/C22H26F3N5O4S/c1-11-7-10-14(35-11)17(21(2,3)4)27-18-19(30(33)34-28-18)26-13-9-8-12(22(23,24)25)15(16(13)31)20(32)29(5)6/h7-10,17,26,31H,1-6H3,(H,27,28)/t17-/m0/s1. The molecule has 0 unspecified atom stereocenters. The number of carbonyl (C=O) groups is 1. The molecule has 3 aromatic rings. The van der Waals surface area contributed by atoms with Gasteiger partial charge in [0.25, 0.3) is 11.7 Å². The van der Waals surface area contributed by atoms with Crippen LogP contribution in [0, 0.1) is 17.5 Å². The average Bonchev–Trinajstić information content (AvgIpc) is 3.30. The fourth-order valence-electron chi connectivity index (χ4n) is 3.40. The largest absolute Gasteiger partial charge is 0.504 e. The summed E-state index contributed by atoms with van der Waals surface area (Å²) in [6, 6.07) is 5.17. The summed E-state index contributed by atoms with van der Waals surface area (Å²) in [5.74, 6) is -2.35. The molecule has 1 aromatic carbocycles. The monoisotopic (exact) mass is 513 g/mol. The Hall–Kier alpha value is -3.48. The van der Waals surface area contributed by atoms with Crippen molar-refractivity contribution < 1.29 is 32.6 Å². The molecule has 13 heteroatoms. The van der Waals surface area contributed by atoms with Gasteiger partial charge in [0.1, 0.15) is 5.69 Å². The van der Waals surface area contributed by atoms with Gasteiger partial charge in [0.05, 0.1) is 17.2 Å². The van der Waals surface area contributed by atoms with Gasteiger partial charge in [0, 0.05) is 23.8 Å². The molecule has 190 valence electrons. The molecule has 1 atom stereocenters. The maximum atomic E-state index is 13.5. The minimum Gasteiger partial charge on any atom is -0.504 e. The Kier molecular flexibility index (Phi) is 6.93. The van der Waals surface area contributed by atoms with E-state index in [1.54, 1.807) is 11.3 Å². The van der Waals surface area contributed by atoms with Crippen LogP contribution in [-0.2, 0) is 6.18 Å². The molecule has 0 bridgehead atoms. The molecule has 35 heavy (non-hydrogen) atoms. The molecule has 2 aromatic heterocycles. The van der Waals surface area contributed by atoms with E-state index in [0.29, 0.717) is 6.07 Å². The number of phenolic OH excluding ortho intramolecular Hbond substituents is 1. The van der Waals surface area contributed by atoms with Gasteiger partial charge in [-0.05, 0) is 41.8 Å². The first-order valence-corrected chi connectivity index (χ1v) is 11.3. The number of rotatable bonds is 6. The highest BCUT2D eigenvalue weighted by Gasteiger charge is 2.39. The fourth-order valence-corrected chi connectivity index (χ4v) is 4.58. The Morgan fingerprint density at radius 1 is 1.23 bits per heavy atom. The molecule has 0 aliphatic carbocycles. The number of aryl methyl sites for hydroxylation is 1. The van der Waals surface area contributed by atoms with Crippen LogP contribution in [0.2, 0.25) is 0 Å². The first kappa shape index (κ1) is 26.1. The number of nitrogens with one attached hydrogen (secondary N) is 2. The van der Waals surface area contributed by atoms with E-state index in [1.807, 2.05) is 39.8 Å². The molecule has 0 saturated carbocycles.